The maximum absolute atomic E-state index is 12.4. The van der Waals surface area contributed by atoms with Crippen molar-refractivity contribution in [2.45, 2.75) is 31.4 Å². The second kappa shape index (κ2) is 7.21. The molecular formula is C20H26N4O2. The van der Waals surface area contributed by atoms with Crippen LogP contribution in [-0.2, 0) is 23.1 Å². The zero-order valence-electron chi connectivity index (χ0n) is 15.3. The number of para-hydroxylation sites is 1. The summed E-state index contributed by atoms with van der Waals surface area (Å²) in [5.41, 5.74) is 1.84. The quantitative estimate of drug-likeness (QED) is 0.848. The summed E-state index contributed by atoms with van der Waals surface area (Å²) in [4.78, 5) is 21.2. The summed E-state index contributed by atoms with van der Waals surface area (Å²) in [6.45, 7) is 3.70. The molecule has 1 amide bonds. The number of aryl methyl sites for hydroxylation is 1. The SMILES string of the molecule is Cn1cnc(CN2CCCC3(CC2)CN(c2ccccc2)C(=O)CO3)c1. The molecule has 2 fully saturated rings. The molecule has 2 aliphatic heterocycles. The summed E-state index contributed by atoms with van der Waals surface area (Å²) >= 11 is 0. The summed E-state index contributed by atoms with van der Waals surface area (Å²) in [7, 11) is 2.00. The van der Waals surface area contributed by atoms with Crippen LogP contribution in [-0.4, -0.2) is 52.2 Å². The maximum atomic E-state index is 12.4. The predicted molar refractivity (Wildman–Crippen MR) is 99.8 cm³/mol. The highest BCUT2D eigenvalue weighted by Gasteiger charge is 2.41. The molecule has 0 N–H and O–H groups in total. The van der Waals surface area contributed by atoms with Crippen LogP contribution >= 0.6 is 0 Å². The van der Waals surface area contributed by atoms with Crippen molar-refractivity contribution < 1.29 is 9.53 Å². The Bertz CT molecular complexity index is 760. The maximum Gasteiger partial charge on any atom is 0.253 e. The highest BCUT2D eigenvalue weighted by Crippen LogP contribution is 2.33. The Hall–Kier alpha value is -2.18. The minimum Gasteiger partial charge on any atom is -0.363 e. The summed E-state index contributed by atoms with van der Waals surface area (Å²) in [5, 5.41) is 0. The number of nitrogens with zero attached hydrogens (tertiary/aromatic N) is 4. The number of morpholine rings is 1. The second-order valence-electron chi connectivity index (χ2n) is 7.45. The van der Waals surface area contributed by atoms with E-state index in [1.54, 1.807) is 0 Å². The minimum absolute atomic E-state index is 0.0522. The number of benzene rings is 1. The van der Waals surface area contributed by atoms with E-state index in [0.717, 1.165) is 50.3 Å². The molecule has 6 nitrogen and oxygen atoms in total. The van der Waals surface area contributed by atoms with Crippen LogP contribution in [0.2, 0.25) is 0 Å². The topological polar surface area (TPSA) is 50.6 Å². The van der Waals surface area contributed by atoms with E-state index in [-0.39, 0.29) is 18.1 Å². The van der Waals surface area contributed by atoms with Gasteiger partial charge in [-0.15, -0.1) is 0 Å². The number of aromatic nitrogens is 2. The molecule has 0 radical (unpaired) electrons. The number of likely N-dealkylation sites (tertiary alicyclic amines) is 1. The fraction of sp³-hybridized carbons (Fsp3) is 0.500. The smallest absolute Gasteiger partial charge is 0.253 e. The first-order chi connectivity index (χ1) is 12.6. The van der Waals surface area contributed by atoms with Gasteiger partial charge in [0, 0.05) is 32.0 Å². The summed E-state index contributed by atoms with van der Waals surface area (Å²) in [6.07, 6.45) is 6.93. The van der Waals surface area contributed by atoms with E-state index in [2.05, 4.69) is 16.1 Å². The number of ether oxygens (including phenoxy) is 1. The average molecular weight is 354 g/mol. The van der Waals surface area contributed by atoms with Crippen LogP contribution < -0.4 is 4.90 Å². The first-order valence-corrected chi connectivity index (χ1v) is 9.32. The van der Waals surface area contributed by atoms with E-state index in [1.807, 2.05) is 53.2 Å². The number of anilines is 1. The van der Waals surface area contributed by atoms with Crippen LogP contribution in [0.1, 0.15) is 25.0 Å². The van der Waals surface area contributed by atoms with Crippen LogP contribution in [0.4, 0.5) is 5.69 Å². The van der Waals surface area contributed by atoms with Gasteiger partial charge in [0.25, 0.3) is 5.91 Å². The molecule has 0 saturated carbocycles. The van der Waals surface area contributed by atoms with Gasteiger partial charge in [0.1, 0.15) is 6.61 Å². The molecule has 1 unspecified atom stereocenters. The molecule has 0 bridgehead atoms. The van der Waals surface area contributed by atoms with E-state index < -0.39 is 0 Å². The normalized spacial score (nSPS) is 24.8. The lowest BCUT2D eigenvalue weighted by atomic mass is 9.92. The van der Waals surface area contributed by atoms with Crippen molar-refractivity contribution in [1.82, 2.24) is 14.5 Å². The molecule has 3 heterocycles. The predicted octanol–water partition coefficient (Wildman–Crippen LogP) is 2.21. The van der Waals surface area contributed by atoms with Gasteiger partial charge in [0.2, 0.25) is 0 Å². The van der Waals surface area contributed by atoms with Crippen LogP contribution in [0.15, 0.2) is 42.9 Å². The molecule has 2 saturated heterocycles. The minimum atomic E-state index is -0.234. The molecule has 1 atom stereocenters. The third-order valence-electron chi connectivity index (χ3n) is 5.45. The fourth-order valence-electron chi connectivity index (χ4n) is 4.02. The zero-order chi connectivity index (χ0) is 18.0. The second-order valence-corrected chi connectivity index (χ2v) is 7.45. The highest BCUT2D eigenvalue weighted by atomic mass is 16.5. The number of carbonyl (C=O) groups excluding carboxylic acids is 1. The Labute approximate surface area is 154 Å². The van der Waals surface area contributed by atoms with Gasteiger partial charge >= 0.3 is 0 Å². The molecule has 138 valence electrons. The van der Waals surface area contributed by atoms with Gasteiger partial charge in [-0.25, -0.2) is 4.98 Å². The lowest BCUT2D eigenvalue weighted by Gasteiger charge is -2.42. The fourth-order valence-corrected chi connectivity index (χ4v) is 4.02. The first kappa shape index (κ1) is 17.2. The standard InChI is InChI=1S/C20H26N4O2/c1-22-12-17(21-16-22)13-23-10-5-8-20(9-11-23)15-24(19(25)14-26-20)18-6-3-2-4-7-18/h2-4,6-7,12,16H,5,8-11,13-15H2,1H3. The van der Waals surface area contributed by atoms with Crippen molar-refractivity contribution >= 4 is 11.6 Å². The Morgan fingerprint density at radius 3 is 2.81 bits per heavy atom. The number of hydrogen-bond donors (Lipinski definition) is 0. The van der Waals surface area contributed by atoms with Crippen LogP contribution in [0, 0.1) is 0 Å². The molecule has 1 spiro atoms. The van der Waals surface area contributed by atoms with Gasteiger partial charge in [-0.3, -0.25) is 9.69 Å². The van der Waals surface area contributed by atoms with Crippen molar-refractivity contribution in [1.29, 1.82) is 0 Å². The number of carbonyl (C=O) groups is 1. The van der Waals surface area contributed by atoms with Crippen molar-refractivity contribution in [2.75, 3.05) is 31.1 Å². The lowest BCUT2D eigenvalue weighted by Crippen LogP contribution is -2.55. The first-order valence-electron chi connectivity index (χ1n) is 9.32. The molecule has 1 aromatic heterocycles. The molecule has 1 aromatic carbocycles. The number of hydrogen-bond acceptors (Lipinski definition) is 4. The van der Waals surface area contributed by atoms with Crippen LogP contribution in [0.3, 0.4) is 0 Å². The van der Waals surface area contributed by atoms with E-state index in [9.17, 15) is 4.79 Å². The van der Waals surface area contributed by atoms with Gasteiger partial charge in [0.15, 0.2) is 0 Å². The molecule has 2 aromatic rings. The molecule has 4 rings (SSSR count). The van der Waals surface area contributed by atoms with Gasteiger partial charge in [0.05, 0.1) is 24.2 Å². The summed E-state index contributed by atoms with van der Waals surface area (Å²) in [6, 6.07) is 9.94. The van der Waals surface area contributed by atoms with Gasteiger partial charge in [-0.2, -0.15) is 0 Å². The average Bonchev–Trinajstić information content (AvgIpc) is 2.97. The summed E-state index contributed by atoms with van der Waals surface area (Å²) < 4.78 is 8.10. The number of amides is 1. The van der Waals surface area contributed by atoms with Gasteiger partial charge in [-0.05, 0) is 37.9 Å². The van der Waals surface area contributed by atoms with E-state index in [1.165, 1.54) is 0 Å². The molecule has 0 aliphatic carbocycles. The number of rotatable bonds is 3. The van der Waals surface area contributed by atoms with Crippen molar-refractivity contribution in [3.8, 4) is 0 Å². The summed E-state index contributed by atoms with van der Waals surface area (Å²) in [5.74, 6) is 0.0522. The molecular weight excluding hydrogens is 328 g/mol. The third kappa shape index (κ3) is 3.66. The van der Waals surface area contributed by atoms with Crippen molar-refractivity contribution in [2.24, 2.45) is 7.05 Å². The lowest BCUT2D eigenvalue weighted by molar-refractivity contribution is -0.140. The van der Waals surface area contributed by atoms with Gasteiger partial charge < -0.3 is 14.2 Å². The van der Waals surface area contributed by atoms with Gasteiger partial charge in [-0.1, -0.05) is 18.2 Å². The largest absolute Gasteiger partial charge is 0.363 e. The van der Waals surface area contributed by atoms with Crippen molar-refractivity contribution in [3.63, 3.8) is 0 Å². The zero-order valence-corrected chi connectivity index (χ0v) is 15.3. The van der Waals surface area contributed by atoms with E-state index >= 15 is 0 Å². The molecule has 26 heavy (non-hydrogen) atoms. The molecule has 6 heteroatoms. The van der Waals surface area contributed by atoms with Crippen LogP contribution in [0.25, 0.3) is 0 Å². The van der Waals surface area contributed by atoms with Crippen LogP contribution in [0.5, 0.6) is 0 Å². The van der Waals surface area contributed by atoms with E-state index in [0.29, 0.717) is 6.54 Å². The Morgan fingerprint density at radius 1 is 1.19 bits per heavy atom. The highest BCUT2D eigenvalue weighted by molar-refractivity contribution is 5.95. The third-order valence-corrected chi connectivity index (χ3v) is 5.45. The van der Waals surface area contributed by atoms with Crippen molar-refractivity contribution in [3.05, 3.63) is 48.5 Å². The number of imidazole rings is 1. The monoisotopic (exact) mass is 354 g/mol. The molecule has 2 aliphatic rings. The van der Waals surface area contributed by atoms with E-state index in [4.69, 9.17) is 4.74 Å². The Balaban J connectivity index is 1.44. The Kier molecular flexibility index (Phi) is 4.78. The Morgan fingerprint density at radius 2 is 2.04 bits per heavy atom.